The number of carbonyl (C=O) groups is 2. The second kappa shape index (κ2) is 7.51. The molecule has 0 aromatic rings. The molecule has 4 saturated carbocycles. The zero-order valence-corrected chi connectivity index (χ0v) is 15.2. The average Bonchev–Trinajstić information content (AvgIpc) is 2.60. The van der Waals surface area contributed by atoms with Crippen molar-refractivity contribution in [1.29, 1.82) is 0 Å². The van der Waals surface area contributed by atoms with Gasteiger partial charge in [-0.1, -0.05) is 11.6 Å². The van der Waals surface area contributed by atoms with Crippen molar-refractivity contribution < 1.29 is 14.3 Å². The number of allylic oxidation sites excluding steroid dienone is 1. The maximum absolute atomic E-state index is 12.5. The summed E-state index contributed by atoms with van der Waals surface area (Å²) in [5, 5.41) is 2.90. The van der Waals surface area contributed by atoms with E-state index in [4.69, 9.17) is 4.74 Å². The van der Waals surface area contributed by atoms with Crippen molar-refractivity contribution in [1.82, 2.24) is 5.32 Å². The number of nitrogens with one attached hydrogen (secondary N) is 1. The third-order valence-electron chi connectivity index (χ3n) is 7.00. The predicted octanol–water partition coefficient (Wildman–Crippen LogP) is 3.61. The molecule has 5 aliphatic carbocycles. The van der Waals surface area contributed by atoms with Gasteiger partial charge in [0.05, 0.1) is 5.92 Å². The van der Waals surface area contributed by atoms with Crippen LogP contribution in [0.3, 0.4) is 0 Å². The summed E-state index contributed by atoms with van der Waals surface area (Å²) in [6, 6.07) is 0. The van der Waals surface area contributed by atoms with E-state index in [0.29, 0.717) is 18.4 Å². The Balaban J connectivity index is 1.18. The van der Waals surface area contributed by atoms with E-state index in [-0.39, 0.29) is 24.4 Å². The lowest BCUT2D eigenvalue weighted by Gasteiger charge is -2.53. The van der Waals surface area contributed by atoms with Crippen LogP contribution in [0.15, 0.2) is 11.6 Å². The summed E-state index contributed by atoms with van der Waals surface area (Å²) < 4.78 is 5.41. The summed E-state index contributed by atoms with van der Waals surface area (Å²) in [7, 11) is 0. The molecule has 0 saturated heterocycles. The third kappa shape index (κ3) is 3.93. The lowest BCUT2D eigenvalue weighted by Crippen LogP contribution is -2.48. The van der Waals surface area contributed by atoms with E-state index in [2.05, 4.69) is 11.4 Å². The highest BCUT2D eigenvalue weighted by molar-refractivity contribution is 5.81. The largest absolute Gasteiger partial charge is 0.455 e. The molecule has 1 N–H and O–H groups in total. The van der Waals surface area contributed by atoms with Gasteiger partial charge < -0.3 is 10.1 Å². The van der Waals surface area contributed by atoms with Crippen molar-refractivity contribution >= 4 is 11.9 Å². The first-order chi connectivity index (χ1) is 12.2. The standard InChI is InChI=1S/C21H31NO3/c23-19(22-7-6-14-4-2-1-3-5-14)13-25-21(24)20-17-9-15-8-16(11-17)12-18(20)10-15/h4,15-18,20H,1-3,5-13H2,(H,22,23). The van der Waals surface area contributed by atoms with Crippen molar-refractivity contribution in [3.8, 4) is 0 Å². The van der Waals surface area contributed by atoms with Gasteiger partial charge in [0.25, 0.3) is 5.91 Å². The first-order valence-electron chi connectivity index (χ1n) is 10.3. The quantitative estimate of drug-likeness (QED) is 0.591. The fourth-order valence-corrected chi connectivity index (χ4v) is 6.09. The Labute approximate surface area is 150 Å². The molecule has 5 aliphatic rings. The van der Waals surface area contributed by atoms with Crippen molar-refractivity contribution in [2.24, 2.45) is 29.6 Å². The maximum Gasteiger partial charge on any atom is 0.310 e. The van der Waals surface area contributed by atoms with Crippen LogP contribution >= 0.6 is 0 Å². The Hall–Kier alpha value is -1.32. The molecule has 4 heteroatoms. The molecule has 5 rings (SSSR count). The van der Waals surface area contributed by atoms with Crippen LogP contribution in [0.25, 0.3) is 0 Å². The summed E-state index contributed by atoms with van der Waals surface area (Å²) in [5.74, 6) is 2.53. The van der Waals surface area contributed by atoms with Crippen molar-refractivity contribution in [2.75, 3.05) is 13.2 Å². The van der Waals surface area contributed by atoms with Crippen molar-refractivity contribution in [3.63, 3.8) is 0 Å². The van der Waals surface area contributed by atoms with E-state index in [1.807, 2.05) is 0 Å². The van der Waals surface area contributed by atoms with Gasteiger partial charge in [0, 0.05) is 6.54 Å². The topological polar surface area (TPSA) is 55.4 Å². The summed E-state index contributed by atoms with van der Waals surface area (Å²) in [6.07, 6.45) is 14.3. The SMILES string of the molecule is O=C(COC(=O)C1C2CC3CC(C2)CC1C3)NCCC1=CCCCC1. The Morgan fingerprint density at radius 1 is 1.04 bits per heavy atom. The average molecular weight is 345 g/mol. The second-order valence-electron chi connectivity index (χ2n) is 8.77. The fraction of sp³-hybridized carbons (Fsp3) is 0.810. The van der Waals surface area contributed by atoms with Crippen LogP contribution in [0.1, 0.15) is 64.2 Å². The van der Waals surface area contributed by atoms with Crippen LogP contribution < -0.4 is 5.32 Å². The predicted molar refractivity (Wildman–Crippen MR) is 95.7 cm³/mol. The van der Waals surface area contributed by atoms with Crippen LogP contribution in [0, 0.1) is 29.6 Å². The zero-order valence-electron chi connectivity index (χ0n) is 15.2. The van der Waals surface area contributed by atoms with Crippen LogP contribution in [-0.2, 0) is 14.3 Å². The normalized spacial score (nSPS) is 36.0. The van der Waals surface area contributed by atoms with E-state index in [0.717, 1.165) is 24.7 Å². The Morgan fingerprint density at radius 2 is 1.76 bits per heavy atom. The molecule has 0 spiro atoms. The molecule has 4 bridgehead atoms. The first kappa shape index (κ1) is 17.1. The van der Waals surface area contributed by atoms with Gasteiger partial charge in [-0.15, -0.1) is 0 Å². The van der Waals surface area contributed by atoms with E-state index in [1.165, 1.54) is 56.9 Å². The molecule has 4 nitrogen and oxygen atoms in total. The number of ether oxygens (including phenoxy) is 1. The van der Waals surface area contributed by atoms with Crippen LogP contribution in [0.2, 0.25) is 0 Å². The maximum atomic E-state index is 12.5. The molecule has 138 valence electrons. The van der Waals surface area contributed by atoms with Gasteiger partial charge in [0.1, 0.15) is 0 Å². The van der Waals surface area contributed by atoms with Gasteiger partial charge in [0.2, 0.25) is 0 Å². The first-order valence-corrected chi connectivity index (χ1v) is 10.3. The number of carbonyl (C=O) groups excluding carboxylic acids is 2. The number of amides is 1. The molecule has 0 atom stereocenters. The minimum Gasteiger partial charge on any atom is -0.455 e. The number of hydrogen-bond acceptors (Lipinski definition) is 3. The van der Waals surface area contributed by atoms with Crippen molar-refractivity contribution in [2.45, 2.75) is 64.2 Å². The van der Waals surface area contributed by atoms with E-state index < -0.39 is 0 Å². The second-order valence-corrected chi connectivity index (χ2v) is 8.77. The van der Waals surface area contributed by atoms with Gasteiger partial charge >= 0.3 is 5.97 Å². The molecule has 1 amide bonds. The molecular formula is C21H31NO3. The monoisotopic (exact) mass is 345 g/mol. The summed E-state index contributed by atoms with van der Waals surface area (Å²) in [4.78, 5) is 24.5. The van der Waals surface area contributed by atoms with Gasteiger partial charge in [-0.05, 0) is 87.9 Å². The molecule has 0 heterocycles. The molecule has 0 aromatic heterocycles. The molecule has 4 fully saturated rings. The molecule has 0 aromatic carbocycles. The minimum absolute atomic E-state index is 0.0630. The number of hydrogen-bond donors (Lipinski definition) is 1. The Morgan fingerprint density at radius 3 is 2.40 bits per heavy atom. The van der Waals surface area contributed by atoms with Gasteiger partial charge in [0.15, 0.2) is 6.61 Å². The van der Waals surface area contributed by atoms with E-state index in [1.54, 1.807) is 0 Å². The third-order valence-corrected chi connectivity index (χ3v) is 7.00. The number of rotatable bonds is 6. The van der Waals surface area contributed by atoms with E-state index >= 15 is 0 Å². The van der Waals surface area contributed by atoms with Gasteiger partial charge in [-0.25, -0.2) is 0 Å². The highest BCUT2D eigenvalue weighted by Crippen LogP contribution is 2.56. The van der Waals surface area contributed by atoms with Gasteiger partial charge in [-0.3, -0.25) is 9.59 Å². The highest BCUT2D eigenvalue weighted by Gasteiger charge is 2.51. The summed E-state index contributed by atoms with van der Waals surface area (Å²) in [5.41, 5.74) is 1.46. The van der Waals surface area contributed by atoms with E-state index in [9.17, 15) is 9.59 Å². The van der Waals surface area contributed by atoms with Crippen LogP contribution in [-0.4, -0.2) is 25.0 Å². The molecule has 0 aliphatic heterocycles. The fourth-order valence-electron chi connectivity index (χ4n) is 6.09. The number of esters is 1. The Kier molecular flexibility index (Phi) is 5.14. The molecular weight excluding hydrogens is 314 g/mol. The molecule has 0 radical (unpaired) electrons. The van der Waals surface area contributed by atoms with Crippen molar-refractivity contribution in [3.05, 3.63) is 11.6 Å². The lowest BCUT2D eigenvalue weighted by molar-refractivity contribution is -0.164. The molecule has 0 unspecified atom stereocenters. The highest BCUT2D eigenvalue weighted by atomic mass is 16.5. The summed E-state index contributed by atoms with van der Waals surface area (Å²) >= 11 is 0. The van der Waals surface area contributed by atoms with Gasteiger partial charge in [-0.2, -0.15) is 0 Å². The van der Waals surface area contributed by atoms with Crippen LogP contribution in [0.5, 0.6) is 0 Å². The summed E-state index contributed by atoms with van der Waals surface area (Å²) in [6.45, 7) is 0.543. The minimum atomic E-state index is -0.159. The lowest BCUT2D eigenvalue weighted by atomic mass is 9.52. The smallest absolute Gasteiger partial charge is 0.310 e. The van der Waals surface area contributed by atoms with Crippen LogP contribution in [0.4, 0.5) is 0 Å². The Bertz CT molecular complexity index is 525. The zero-order chi connectivity index (χ0) is 17.2. The molecule has 25 heavy (non-hydrogen) atoms.